The van der Waals surface area contributed by atoms with Crippen LogP contribution in [0.2, 0.25) is 5.02 Å². The minimum atomic E-state index is -0.415. The molecule has 2 aromatic rings. The average molecular weight is 274 g/mol. The summed E-state index contributed by atoms with van der Waals surface area (Å²) in [5.41, 5.74) is 0.968. The van der Waals surface area contributed by atoms with Gasteiger partial charge in [0.15, 0.2) is 0 Å². The van der Waals surface area contributed by atoms with E-state index in [-0.39, 0.29) is 16.5 Å². The van der Waals surface area contributed by atoms with Gasteiger partial charge in [0.1, 0.15) is 5.75 Å². The van der Waals surface area contributed by atoms with Crippen molar-refractivity contribution in [1.82, 2.24) is 0 Å². The van der Waals surface area contributed by atoms with Crippen molar-refractivity contribution in [2.45, 2.75) is 0 Å². The number of halogens is 1. The van der Waals surface area contributed by atoms with Gasteiger partial charge in [0.25, 0.3) is 11.8 Å². The highest BCUT2D eigenvalue weighted by Crippen LogP contribution is 2.32. The average Bonchev–Trinajstić information content (AvgIpc) is 2.61. The fourth-order valence-corrected chi connectivity index (χ4v) is 2.34. The van der Waals surface area contributed by atoms with Crippen molar-refractivity contribution in [3.63, 3.8) is 0 Å². The van der Waals surface area contributed by atoms with Crippen molar-refractivity contribution >= 4 is 29.1 Å². The maximum atomic E-state index is 12.2. The number of aromatic hydroxyl groups is 1. The molecule has 4 nitrogen and oxygen atoms in total. The van der Waals surface area contributed by atoms with Crippen LogP contribution in [0.1, 0.15) is 20.7 Å². The van der Waals surface area contributed by atoms with Gasteiger partial charge in [-0.2, -0.15) is 0 Å². The number of rotatable bonds is 1. The fourth-order valence-electron chi connectivity index (χ4n) is 2.11. The topological polar surface area (TPSA) is 57.6 Å². The van der Waals surface area contributed by atoms with Gasteiger partial charge in [-0.05, 0) is 24.3 Å². The molecule has 1 heterocycles. The van der Waals surface area contributed by atoms with Crippen molar-refractivity contribution in [1.29, 1.82) is 0 Å². The van der Waals surface area contributed by atoms with E-state index in [2.05, 4.69) is 0 Å². The molecule has 0 aromatic heterocycles. The summed E-state index contributed by atoms with van der Waals surface area (Å²) < 4.78 is 0. The molecule has 0 atom stereocenters. The number of nitrogens with zero attached hydrogens (tertiary/aromatic N) is 1. The highest BCUT2D eigenvalue weighted by molar-refractivity contribution is 6.35. The Bertz CT molecular complexity index is 656. The summed E-state index contributed by atoms with van der Waals surface area (Å²) in [5.74, 6) is -0.927. The lowest BCUT2D eigenvalue weighted by Crippen LogP contribution is -2.29. The standard InChI is InChI=1S/C14H8ClNO3/c15-8-5-9(7-10(17)6-8)16-13(18)11-3-1-2-4-12(11)14(16)19/h1-7,17H. The van der Waals surface area contributed by atoms with Crippen LogP contribution in [0.3, 0.4) is 0 Å². The quantitative estimate of drug-likeness (QED) is 0.813. The number of benzene rings is 2. The van der Waals surface area contributed by atoms with E-state index in [0.29, 0.717) is 11.1 Å². The Balaban J connectivity index is 2.14. The number of hydrogen-bond donors (Lipinski definition) is 1. The maximum absolute atomic E-state index is 12.2. The molecule has 0 radical (unpaired) electrons. The summed E-state index contributed by atoms with van der Waals surface area (Å²) in [6.07, 6.45) is 0. The molecule has 0 saturated carbocycles. The van der Waals surface area contributed by atoms with Crippen LogP contribution in [0.5, 0.6) is 5.75 Å². The third-order valence-electron chi connectivity index (χ3n) is 2.92. The van der Waals surface area contributed by atoms with Gasteiger partial charge >= 0.3 is 0 Å². The molecule has 1 aliphatic rings. The summed E-state index contributed by atoms with van der Waals surface area (Å²) in [7, 11) is 0. The number of carbonyl (C=O) groups excluding carboxylic acids is 2. The van der Waals surface area contributed by atoms with E-state index in [1.165, 1.54) is 18.2 Å². The van der Waals surface area contributed by atoms with Crippen LogP contribution < -0.4 is 4.90 Å². The van der Waals surface area contributed by atoms with Crippen LogP contribution in [-0.2, 0) is 0 Å². The molecule has 3 rings (SSSR count). The fraction of sp³-hybridized carbons (Fsp3) is 0. The van der Waals surface area contributed by atoms with Crippen LogP contribution in [-0.4, -0.2) is 16.9 Å². The Kier molecular flexibility index (Phi) is 2.54. The minimum absolute atomic E-state index is 0.0981. The largest absolute Gasteiger partial charge is 0.508 e. The maximum Gasteiger partial charge on any atom is 0.266 e. The molecular weight excluding hydrogens is 266 g/mol. The first-order valence-electron chi connectivity index (χ1n) is 5.55. The number of anilines is 1. The summed E-state index contributed by atoms with van der Waals surface area (Å²) in [4.78, 5) is 25.4. The van der Waals surface area contributed by atoms with E-state index in [1.807, 2.05) is 0 Å². The smallest absolute Gasteiger partial charge is 0.266 e. The number of amides is 2. The van der Waals surface area contributed by atoms with Gasteiger partial charge in [0, 0.05) is 11.1 Å². The molecule has 0 fully saturated rings. The predicted octanol–water partition coefficient (Wildman–Crippen LogP) is 2.85. The molecule has 1 N–H and O–H groups in total. The van der Waals surface area contributed by atoms with Gasteiger partial charge < -0.3 is 5.11 Å². The predicted molar refractivity (Wildman–Crippen MR) is 70.7 cm³/mol. The summed E-state index contributed by atoms with van der Waals surface area (Å²) in [5, 5.41) is 9.77. The molecule has 5 heteroatoms. The first kappa shape index (κ1) is 11.7. The molecule has 0 spiro atoms. The van der Waals surface area contributed by atoms with Crippen molar-refractivity contribution in [3.8, 4) is 5.75 Å². The second-order valence-corrected chi connectivity index (χ2v) is 4.60. The van der Waals surface area contributed by atoms with Crippen molar-refractivity contribution < 1.29 is 14.7 Å². The van der Waals surface area contributed by atoms with Crippen LogP contribution in [0.15, 0.2) is 42.5 Å². The molecule has 0 saturated heterocycles. The monoisotopic (exact) mass is 273 g/mol. The van der Waals surface area contributed by atoms with E-state index in [4.69, 9.17) is 11.6 Å². The van der Waals surface area contributed by atoms with Gasteiger partial charge in [0.05, 0.1) is 16.8 Å². The second kappa shape index (κ2) is 4.10. The third-order valence-corrected chi connectivity index (χ3v) is 3.14. The lowest BCUT2D eigenvalue weighted by atomic mass is 10.1. The van der Waals surface area contributed by atoms with Crippen molar-refractivity contribution in [2.75, 3.05) is 4.90 Å². The normalized spacial score (nSPS) is 13.8. The number of phenolic OH excluding ortho intramolecular Hbond substituents is 1. The minimum Gasteiger partial charge on any atom is -0.508 e. The zero-order valence-corrected chi connectivity index (χ0v) is 10.4. The van der Waals surface area contributed by atoms with Crippen LogP contribution in [0.25, 0.3) is 0 Å². The van der Waals surface area contributed by atoms with Gasteiger partial charge in [-0.3, -0.25) is 9.59 Å². The molecule has 1 aliphatic heterocycles. The van der Waals surface area contributed by atoms with Gasteiger partial charge in [-0.1, -0.05) is 23.7 Å². The van der Waals surface area contributed by atoms with Crippen LogP contribution in [0, 0.1) is 0 Å². The first-order valence-corrected chi connectivity index (χ1v) is 5.93. The Morgan fingerprint density at radius 3 is 2.05 bits per heavy atom. The number of hydrogen-bond acceptors (Lipinski definition) is 3. The third kappa shape index (κ3) is 1.77. The molecule has 2 aromatic carbocycles. The van der Waals surface area contributed by atoms with E-state index < -0.39 is 11.8 Å². The molecule has 0 aliphatic carbocycles. The van der Waals surface area contributed by atoms with Crippen molar-refractivity contribution in [2.24, 2.45) is 0 Å². The highest BCUT2D eigenvalue weighted by Gasteiger charge is 2.36. The number of carbonyl (C=O) groups is 2. The zero-order chi connectivity index (χ0) is 13.6. The Morgan fingerprint density at radius 1 is 0.947 bits per heavy atom. The molecule has 0 bridgehead atoms. The van der Waals surface area contributed by atoms with E-state index >= 15 is 0 Å². The molecular formula is C14H8ClNO3. The summed E-state index contributed by atoms with van der Waals surface area (Å²) in [6, 6.07) is 10.7. The first-order chi connectivity index (χ1) is 9.08. The zero-order valence-electron chi connectivity index (χ0n) is 9.63. The molecule has 94 valence electrons. The highest BCUT2D eigenvalue weighted by atomic mass is 35.5. The Hall–Kier alpha value is -2.33. The molecule has 2 amide bonds. The van der Waals surface area contributed by atoms with E-state index in [1.54, 1.807) is 24.3 Å². The Morgan fingerprint density at radius 2 is 1.53 bits per heavy atom. The van der Waals surface area contributed by atoms with E-state index in [0.717, 1.165) is 4.90 Å². The number of phenols is 1. The SMILES string of the molecule is O=C1c2ccccc2C(=O)N1c1cc(O)cc(Cl)c1. The molecule has 0 unspecified atom stereocenters. The van der Waals surface area contributed by atoms with Gasteiger partial charge in [-0.25, -0.2) is 4.90 Å². The summed E-state index contributed by atoms with van der Waals surface area (Å²) >= 11 is 5.83. The number of imide groups is 1. The van der Waals surface area contributed by atoms with Crippen LogP contribution >= 0.6 is 11.6 Å². The number of fused-ring (bicyclic) bond motifs is 1. The van der Waals surface area contributed by atoms with Gasteiger partial charge in [-0.15, -0.1) is 0 Å². The molecule has 19 heavy (non-hydrogen) atoms. The lowest BCUT2D eigenvalue weighted by molar-refractivity contribution is 0.0926. The lowest BCUT2D eigenvalue weighted by Gasteiger charge is -2.14. The van der Waals surface area contributed by atoms with Gasteiger partial charge in [0.2, 0.25) is 0 Å². The van der Waals surface area contributed by atoms with Crippen LogP contribution in [0.4, 0.5) is 5.69 Å². The van der Waals surface area contributed by atoms with E-state index in [9.17, 15) is 14.7 Å². The second-order valence-electron chi connectivity index (χ2n) is 4.16. The summed E-state index contributed by atoms with van der Waals surface area (Å²) in [6.45, 7) is 0. The van der Waals surface area contributed by atoms with Crippen molar-refractivity contribution in [3.05, 3.63) is 58.6 Å². The Labute approximate surface area is 113 Å².